The molecule has 0 radical (unpaired) electrons. The lowest BCUT2D eigenvalue weighted by molar-refractivity contribution is -0.0330. The molecule has 1 amide bonds. The maximum atomic E-state index is 12.4. The number of H-pyrrole nitrogens is 1. The highest BCUT2D eigenvalue weighted by Crippen LogP contribution is 2.23. The van der Waals surface area contributed by atoms with Crippen molar-refractivity contribution in [3.05, 3.63) is 59.0 Å². The van der Waals surface area contributed by atoms with Gasteiger partial charge in [0.2, 0.25) is 0 Å². The molecule has 0 unspecified atom stereocenters. The molecular weight excluding hydrogens is 344 g/mol. The van der Waals surface area contributed by atoms with Crippen LogP contribution in [-0.2, 0) is 16.1 Å². The second-order valence-corrected chi connectivity index (χ2v) is 6.79. The Labute approximate surface area is 157 Å². The van der Waals surface area contributed by atoms with Crippen molar-refractivity contribution in [3.8, 4) is 0 Å². The second-order valence-electron chi connectivity index (χ2n) is 6.79. The first-order valence-corrected chi connectivity index (χ1v) is 9.00. The quantitative estimate of drug-likeness (QED) is 0.769. The third-order valence-corrected chi connectivity index (χ3v) is 4.73. The number of hydrogen-bond acceptors (Lipinski definition) is 5. The standard InChI is InChI=1S/C20H22N4O3/c1-13-3-5-15(6-4-13)12-27-20(25)24-9-10-26-16(11-24)18-22-17-14(2)7-8-21-19(17)23-18/h3-8,16H,9-12H2,1-2H3,(H,21,22,23)/t16-/m0/s1. The summed E-state index contributed by atoms with van der Waals surface area (Å²) >= 11 is 0. The van der Waals surface area contributed by atoms with Crippen LogP contribution in [0.2, 0.25) is 0 Å². The lowest BCUT2D eigenvalue weighted by Crippen LogP contribution is -2.42. The van der Waals surface area contributed by atoms with Gasteiger partial charge in [0, 0.05) is 12.7 Å². The molecule has 1 aliphatic heterocycles. The molecule has 7 heteroatoms. The van der Waals surface area contributed by atoms with Crippen molar-refractivity contribution in [2.24, 2.45) is 0 Å². The summed E-state index contributed by atoms with van der Waals surface area (Å²) in [6.45, 7) is 5.62. The average Bonchev–Trinajstić information content (AvgIpc) is 3.13. The van der Waals surface area contributed by atoms with E-state index in [9.17, 15) is 4.79 Å². The predicted octanol–water partition coefficient (Wildman–Crippen LogP) is 3.28. The molecule has 3 aromatic rings. The predicted molar refractivity (Wildman–Crippen MR) is 100 cm³/mol. The molecular formula is C20H22N4O3. The van der Waals surface area contributed by atoms with Gasteiger partial charge in [0.15, 0.2) is 5.65 Å². The highest BCUT2D eigenvalue weighted by Gasteiger charge is 2.28. The number of carbonyl (C=O) groups is 1. The zero-order valence-corrected chi connectivity index (χ0v) is 15.4. The third-order valence-electron chi connectivity index (χ3n) is 4.73. The largest absolute Gasteiger partial charge is 0.445 e. The topological polar surface area (TPSA) is 80.3 Å². The number of amides is 1. The molecule has 1 aliphatic rings. The van der Waals surface area contributed by atoms with Crippen molar-refractivity contribution in [2.75, 3.05) is 19.7 Å². The summed E-state index contributed by atoms with van der Waals surface area (Å²) in [6.07, 6.45) is 1.08. The fourth-order valence-electron chi connectivity index (χ4n) is 3.11. The number of hydrogen-bond donors (Lipinski definition) is 1. The molecule has 27 heavy (non-hydrogen) atoms. The fourth-order valence-corrected chi connectivity index (χ4v) is 3.11. The summed E-state index contributed by atoms with van der Waals surface area (Å²) in [7, 11) is 0. The Morgan fingerprint density at radius 3 is 2.89 bits per heavy atom. The van der Waals surface area contributed by atoms with E-state index < -0.39 is 0 Å². The van der Waals surface area contributed by atoms with Gasteiger partial charge in [-0.05, 0) is 31.0 Å². The maximum absolute atomic E-state index is 12.4. The number of aromatic amines is 1. The molecule has 0 spiro atoms. The fraction of sp³-hybridized carbons (Fsp3) is 0.350. The van der Waals surface area contributed by atoms with Crippen molar-refractivity contribution in [1.82, 2.24) is 19.9 Å². The number of benzene rings is 1. The molecule has 2 aromatic heterocycles. The normalized spacial score (nSPS) is 17.3. The van der Waals surface area contributed by atoms with Crippen LogP contribution in [0.4, 0.5) is 4.79 Å². The van der Waals surface area contributed by atoms with E-state index in [1.807, 2.05) is 44.2 Å². The van der Waals surface area contributed by atoms with Crippen molar-refractivity contribution in [2.45, 2.75) is 26.6 Å². The number of imidazole rings is 1. The highest BCUT2D eigenvalue weighted by molar-refractivity contribution is 5.74. The van der Waals surface area contributed by atoms with E-state index in [-0.39, 0.29) is 18.8 Å². The molecule has 1 aromatic carbocycles. The first-order valence-electron chi connectivity index (χ1n) is 9.00. The van der Waals surface area contributed by atoms with Crippen LogP contribution in [0.5, 0.6) is 0 Å². The molecule has 1 atom stereocenters. The van der Waals surface area contributed by atoms with Gasteiger partial charge in [-0.3, -0.25) is 0 Å². The minimum atomic E-state index is -0.339. The highest BCUT2D eigenvalue weighted by atomic mass is 16.6. The third kappa shape index (κ3) is 3.78. The number of aromatic nitrogens is 3. The first kappa shape index (κ1) is 17.5. The minimum Gasteiger partial charge on any atom is -0.445 e. The summed E-state index contributed by atoms with van der Waals surface area (Å²) < 4.78 is 11.3. The number of morpholine rings is 1. The molecule has 4 rings (SSSR count). The molecule has 1 fully saturated rings. The van der Waals surface area contributed by atoms with Crippen LogP contribution in [0.3, 0.4) is 0 Å². The number of aryl methyl sites for hydroxylation is 2. The van der Waals surface area contributed by atoms with Crippen molar-refractivity contribution >= 4 is 17.3 Å². The van der Waals surface area contributed by atoms with Crippen LogP contribution in [0.25, 0.3) is 11.2 Å². The minimum absolute atomic E-state index is 0.259. The van der Waals surface area contributed by atoms with E-state index in [4.69, 9.17) is 9.47 Å². The van der Waals surface area contributed by atoms with Gasteiger partial charge >= 0.3 is 6.09 Å². The van der Waals surface area contributed by atoms with Gasteiger partial charge in [0.1, 0.15) is 18.5 Å². The van der Waals surface area contributed by atoms with Crippen molar-refractivity contribution in [1.29, 1.82) is 0 Å². The second kappa shape index (κ2) is 7.36. The van der Waals surface area contributed by atoms with Crippen molar-refractivity contribution in [3.63, 3.8) is 0 Å². The Hall–Kier alpha value is -2.93. The zero-order chi connectivity index (χ0) is 18.8. The van der Waals surface area contributed by atoms with Crippen LogP contribution >= 0.6 is 0 Å². The van der Waals surface area contributed by atoms with Crippen LogP contribution in [0, 0.1) is 13.8 Å². The molecule has 0 bridgehead atoms. The van der Waals surface area contributed by atoms with Crippen molar-refractivity contribution < 1.29 is 14.3 Å². The van der Waals surface area contributed by atoms with Gasteiger partial charge in [-0.2, -0.15) is 0 Å². The van der Waals surface area contributed by atoms with E-state index >= 15 is 0 Å². The molecule has 3 heterocycles. The Morgan fingerprint density at radius 1 is 1.30 bits per heavy atom. The Kier molecular flexibility index (Phi) is 4.77. The molecule has 0 saturated carbocycles. The average molecular weight is 366 g/mol. The van der Waals surface area contributed by atoms with Gasteiger partial charge in [-0.25, -0.2) is 14.8 Å². The number of fused-ring (bicyclic) bond motifs is 1. The molecule has 1 saturated heterocycles. The van der Waals surface area contributed by atoms with E-state index in [0.29, 0.717) is 31.2 Å². The van der Waals surface area contributed by atoms with E-state index in [0.717, 1.165) is 16.6 Å². The van der Waals surface area contributed by atoms with Crippen LogP contribution in [-0.4, -0.2) is 45.6 Å². The Balaban J connectivity index is 1.41. The summed E-state index contributed by atoms with van der Waals surface area (Å²) in [5.41, 5.74) is 4.78. The first-order chi connectivity index (χ1) is 13.1. The number of pyridine rings is 1. The molecule has 7 nitrogen and oxygen atoms in total. The van der Waals surface area contributed by atoms with Crippen LogP contribution < -0.4 is 0 Å². The van der Waals surface area contributed by atoms with Gasteiger partial charge in [-0.15, -0.1) is 0 Å². The Bertz CT molecular complexity index is 952. The van der Waals surface area contributed by atoms with E-state index in [1.165, 1.54) is 5.56 Å². The SMILES string of the molecule is Cc1ccc(COC(=O)N2CCO[C@H](c3nc4nccc(C)c4[nH]3)C2)cc1. The number of ether oxygens (including phenoxy) is 2. The number of rotatable bonds is 3. The van der Waals surface area contributed by atoms with E-state index in [1.54, 1.807) is 11.1 Å². The van der Waals surface area contributed by atoms with Gasteiger partial charge in [0.25, 0.3) is 0 Å². The summed E-state index contributed by atoms with van der Waals surface area (Å²) in [6, 6.07) is 9.88. The summed E-state index contributed by atoms with van der Waals surface area (Å²) in [5, 5.41) is 0. The van der Waals surface area contributed by atoms with Crippen LogP contribution in [0.1, 0.15) is 28.6 Å². The zero-order valence-electron chi connectivity index (χ0n) is 15.4. The lowest BCUT2D eigenvalue weighted by atomic mass is 10.2. The van der Waals surface area contributed by atoms with Gasteiger partial charge < -0.3 is 19.4 Å². The summed E-state index contributed by atoms with van der Waals surface area (Å²) in [5.74, 6) is 0.683. The monoisotopic (exact) mass is 366 g/mol. The van der Waals surface area contributed by atoms with E-state index in [2.05, 4.69) is 15.0 Å². The molecule has 0 aliphatic carbocycles. The Morgan fingerprint density at radius 2 is 2.11 bits per heavy atom. The molecule has 140 valence electrons. The molecule has 1 N–H and O–H groups in total. The number of carbonyl (C=O) groups excluding carboxylic acids is 1. The number of nitrogens with zero attached hydrogens (tertiary/aromatic N) is 3. The smallest absolute Gasteiger partial charge is 0.410 e. The summed E-state index contributed by atoms with van der Waals surface area (Å²) in [4.78, 5) is 26.2. The van der Waals surface area contributed by atoms with Gasteiger partial charge in [0.05, 0.1) is 18.7 Å². The number of nitrogens with one attached hydrogen (secondary N) is 1. The van der Waals surface area contributed by atoms with Gasteiger partial charge in [-0.1, -0.05) is 29.8 Å². The maximum Gasteiger partial charge on any atom is 0.410 e. The van der Waals surface area contributed by atoms with Crippen LogP contribution in [0.15, 0.2) is 36.5 Å². The lowest BCUT2D eigenvalue weighted by Gasteiger charge is -2.31.